The molecule has 3 nitrogen and oxygen atoms in total. The maximum atomic E-state index is 6.14. The fraction of sp³-hybridized carbons (Fsp3) is 0.615. The molecule has 2 atom stereocenters. The minimum atomic E-state index is 0.170. The summed E-state index contributed by atoms with van der Waals surface area (Å²) in [5, 5.41) is 0. The molecule has 0 aromatic carbocycles. The number of aromatic nitrogens is 1. The molecule has 88 valence electrons. The molecule has 3 heteroatoms. The van der Waals surface area contributed by atoms with E-state index in [1.165, 1.54) is 19.3 Å². The largest absolute Gasteiger partial charge is 0.488 e. The second-order valence-corrected chi connectivity index (χ2v) is 4.60. The zero-order valence-electron chi connectivity index (χ0n) is 9.86. The van der Waals surface area contributed by atoms with Crippen molar-refractivity contribution in [2.24, 2.45) is 5.73 Å². The molecule has 2 unspecified atom stereocenters. The molecule has 2 rings (SSSR count). The number of hydrogen-bond acceptors (Lipinski definition) is 3. The standard InChI is InChI=1S/C13H20N2O/c1-10-9-15-8-7-12(10)16-13-6-4-2-3-5-11(13)14/h7-9,11,13H,2-6,14H2,1H3. The van der Waals surface area contributed by atoms with Crippen molar-refractivity contribution < 1.29 is 4.74 Å². The van der Waals surface area contributed by atoms with E-state index in [2.05, 4.69) is 4.98 Å². The summed E-state index contributed by atoms with van der Waals surface area (Å²) in [6, 6.07) is 2.10. The van der Waals surface area contributed by atoms with Gasteiger partial charge in [-0.1, -0.05) is 12.8 Å². The second kappa shape index (κ2) is 5.30. The molecular formula is C13H20N2O. The van der Waals surface area contributed by atoms with Crippen molar-refractivity contribution in [1.82, 2.24) is 4.98 Å². The summed E-state index contributed by atoms with van der Waals surface area (Å²) < 4.78 is 6.01. The van der Waals surface area contributed by atoms with Crippen LogP contribution in [0, 0.1) is 6.92 Å². The van der Waals surface area contributed by atoms with Crippen LogP contribution in [0.1, 0.15) is 37.7 Å². The molecule has 0 amide bonds. The number of nitrogens with zero attached hydrogens (tertiary/aromatic N) is 1. The van der Waals surface area contributed by atoms with Crippen LogP contribution < -0.4 is 10.5 Å². The Bertz CT molecular complexity index is 340. The Morgan fingerprint density at radius 2 is 2.12 bits per heavy atom. The van der Waals surface area contributed by atoms with Crippen molar-refractivity contribution in [3.63, 3.8) is 0 Å². The maximum Gasteiger partial charge on any atom is 0.125 e. The molecule has 1 heterocycles. The molecule has 16 heavy (non-hydrogen) atoms. The molecule has 0 bridgehead atoms. The Morgan fingerprint density at radius 3 is 2.94 bits per heavy atom. The van der Waals surface area contributed by atoms with Crippen molar-refractivity contribution in [2.75, 3.05) is 0 Å². The first-order valence-electron chi connectivity index (χ1n) is 6.10. The number of aryl methyl sites for hydroxylation is 1. The van der Waals surface area contributed by atoms with Crippen molar-refractivity contribution >= 4 is 0 Å². The Balaban J connectivity index is 2.05. The van der Waals surface area contributed by atoms with Gasteiger partial charge in [-0.2, -0.15) is 0 Å². The zero-order valence-corrected chi connectivity index (χ0v) is 9.86. The van der Waals surface area contributed by atoms with Gasteiger partial charge in [-0.3, -0.25) is 4.98 Å². The van der Waals surface area contributed by atoms with E-state index in [0.29, 0.717) is 0 Å². The summed E-state index contributed by atoms with van der Waals surface area (Å²) in [5.41, 5.74) is 7.22. The van der Waals surface area contributed by atoms with Crippen molar-refractivity contribution in [3.05, 3.63) is 24.0 Å². The van der Waals surface area contributed by atoms with Gasteiger partial charge in [0.25, 0.3) is 0 Å². The summed E-state index contributed by atoms with van der Waals surface area (Å²) in [6.45, 7) is 2.02. The summed E-state index contributed by atoms with van der Waals surface area (Å²) in [4.78, 5) is 4.06. The van der Waals surface area contributed by atoms with Crippen LogP contribution in [0.3, 0.4) is 0 Å². The van der Waals surface area contributed by atoms with E-state index in [4.69, 9.17) is 10.5 Å². The lowest BCUT2D eigenvalue weighted by Crippen LogP contribution is -2.38. The van der Waals surface area contributed by atoms with Crippen LogP contribution >= 0.6 is 0 Å². The lowest BCUT2D eigenvalue weighted by atomic mass is 10.1. The summed E-state index contributed by atoms with van der Waals surface area (Å²) in [7, 11) is 0. The van der Waals surface area contributed by atoms with E-state index in [1.54, 1.807) is 6.20 Å². The number of nitrogens with two attached hydrogens (primary N) is 1. The fourth-order valence-corrected chi connectivity index (χ4v) is 2.20. The van der Waals surface area contributed by atoms with Gasteiger partial charge < -0.3 is 10.5 Å². The highest BCUT2D eigenvalue weighted by Crippen LogP contribution is 2.23. The molecule has 1 fully saturated rings. The van der Waals surface area contributed by atoms with Crippen LogP contribution in [0.15, 0.2) is 18.5 Å². The van der Waals surface area contributed by atoms with E-state index >= 15 is 0 Å². The molecular weight excluding hydrogens is 200 g/mol. The average molecular weight is 220 g/mol. The third-order valence-corrected chi connectivity index (χ3v) is 3.25. The average Bonchev–Trinajstić information content (AvgIpc) is 2.48. The predicted octanol–water partition coefficient (Wildman–Crippen LogP) is 2.43. The van der Waals surface area contributed by atoms with Gasteiger partial charge in [0.05, 0.1) is 0 Å². The van der Waals surface area contributed by atoms with E-state index in [1.807, 2.05) is 19.2 Å². The lowest BCUT2D eigenvalue weighted by molar-refractivity contribution is 0.161. The Kier molecular flexibility index (Phi) is 3.78. The third kappa shape index (κ3) is 2.73. The zero-order chi connectivity index (χ0) is 11.4. The van der Waals surface area contributed by atoms with Gasteiger partial charge in [0.2, 0.25) is 0 Å². The van der Waals surface area contributed by atoms with Gasteiger partial charge in [0, 0.05) is 24.0 Å². The molecule has 1 saturated carbocycles. The van der Waals surface area contributed by atoms with Crippen molar-refractivity contribution in [3.8, 4) is 5.75 Å². The SMILES string of the molecule is Cc1cnccc1OC1CCCCCC1N. The highest BCUT2D eigenvalue weighted by atomic mass is 16.5. The smallest absolute Gasteiger partial charge is 0.125 e. The number of rotatable bonds is 2. The summed E-state index contributed by atoms with van der Waals surface area (Å²) in [6.07, 6.45) is 9.66. The first kappa shape index (κ1) is 11.4. The van der Waals surface area contributed by atoms with Gasteiger partial charge in [0.1, 0.15) is 11.9 Å². The Labute approximate surface area is 97.0 Å². The van der Waals surface area contributed by atoms with Crippen molar-refractivity contribution in [1.29, 1.82) is 0 Å². The van der Waals surface area contributed by atoms with Gasteiger partial charge in [-0.25, -0.2) is 0 Å². The quantitative estimate of drug-likeness (QED) is 0.779. The molecule has 0 saturated heterocycles. The van der Waals surface area contributed by atoms with Crippen LogP contribution in [0.5, 0.6) is 5.75 Å². The lowest BCUT2D eigenvalue weighted by Gasteiger charge is -2.23. The van der Waals surface area contributed by atoms with E-state index in [0.717, 1.165) is 24.2 Å². The van der Waals surface area contributed by atoms with E-state index < -0.39 is 0 Å². The fourth-order valence-electron chi connectivity index (χ4n) is 2.20. The predicted molar refractivity (Wildman–Crippen MR) is 64.5 cm³/mol. The van der Waals surface area contributed by atoms with E-state index in [9.17, 15) is 0 Å². The monoisotopic (exact) mass is 220 g/mol. The topological polar surface area (TPSA) is 48.1 Å². The summed E-state index contributed by atoms with van der Waals surface area (Å²) >= 11 is 0. The molecule has 1 aliphatic rings. The van der Waals surface area contributed by atoms with Crippen LogP contribution in [0.2, 0.25) is 0 Å². The molecule has 1 aromatic heterocycles. The second-order valence-electron chi connectivity index (χ2n) is 4.60. The number of ether oxygens (including phenoxy) is 1. The molecule has 0 spiro atoms. The minimum absolute atomic E-state index is 0.170. The summed E-state index contributed by atoms with van der Waals surface area (Å²) in [5.74, 6) is 0.928. The Morgan fingerprint density at radius 1 is 1.31 bits per heavy atom. The Hall–Kier alpha value is -1.09. The van der Waals surface area contributed by atoms with Crippen LogP contribution in [-0.2, 0) is 0 Å². The van der Waals surface area contributed by atoms with Gasteiger partial charge in [-0.15, -0.1) is 0 Å². The van der Waals surface area contributed by atoms with Gasteiger partial charge >= 0.3 is 0 Å². The van der Waals surface area contributed by atoms with E-state index in [-0.39, 0.29) is 12.1 Å². The molecule has 0 aliphatic heterocycles. The van der Waals surface area contributed by atoms with Gasteiger partial charge in [-0.05, 0) is 32.3 Å². The third-order valence-electron chi connectivity index (χ3n) is 3.25. The first-order valence-corrected chi connectivity index (χ1v) is 6.10. The molecule has 2 N–H and O–H groups in total. The van der Waals surface area contributed by atoms with Crippen LogP contribution in [0.4, 0.5) is 0 Å². The normalized spacial score (nSPS) is 26.1. The highest BCUT2D eigenvalue weighted by molar-refractivity contribution is 5.28. The molecule has 1 aliphatic carbocycles. The maximum absolute atomic E-state index is 6.14. The van der Waals surface area contributed by atoms with Gasteiger partial charge in [0.15, 0.2) is 0 Å². The molecule has 1 aromatic rings. The minimum Gasteiger partial charge on any atom is -0.488 e. The highest BCUT2D eigenvalue weighted by Gasteiger charge is 2.22. The number of pyridine rings is 1. The first-order chi connectivity index (χ1) is 7.77. The number of hydrogen-bond donors (Lipinski definition) is 1. The van der Waals surface area contributed by atoms with Crippen LogP contribution in [0.25, 0.3) is 0 Å². The van der Waals surface area contributed by atoms with Crippen LogP contribution in [-0.4, -0.2) is 17.1 Å². The van der Waals surface area contributed by atoms with Crippen molar-refractivity contribution in [2.45, 2.75) is 51.2 Å². The molecule has 0 radical (unpaired) electrons.